The van der Waals surface area contributed by atoms with E-state index in [1.165, 1.54) is 24.3 Å². The van der Waals surface area contributed by atoms with Crippen molar-refractivity contribution in [3.05, 3.63) is 48.9 Å². The summed E-state index contributed by atoms with van der Waals surface area (Å²) < 4.78 is 27.1. The van der Waals surface area contributed by atoms with Crippen molar-refractivity contribution in [1.29, 1.82) is 0 Å². The average molecular weight is 390 g/mol. The fourth-order valence-corrected chi connectivity index (χ4v) is 4.06. The highest BCUT2D eigenvalue weighted by atomic mass is 35.5. The Balaban J connectivity index is 2.25. The van der Waals surface area contributed by atoms with E-state index in [-0.39, 0.29) is 33.6 Å². The number of nitro benzene ring substituents is 1. The normalized spacial score (nSPS) is 11.9. The molecule has 0 saturated heterocycles. The Morgan fingerprint density at radius 1 is 1.42 bits per heavy atom. The van der Waals surface area contributed by atoms with Gasteiger partial charge in [0.25, 0.3) is 5.69 Å². The van der Waals surface area contributed by atoms with Crippen molar-refractivity contribution in [2.75, 3.05) is 0 Å². The van der Waals surface area contributed by atoms with Gasteiger partial charge in [-0.05, 0) is 13.0 Å². The van der Waals surface area contributed by atoms with Crippen LogP contribution in [0.3, 0.4) is 0 Å². The molecule has 1 heterocycles. The lowest BCUT2D eigenvalue weighted by Crippen LogP contribution is -2.23. The maximum atomic E-state index is 12.4. The second-order valence-electron chi connectivity index (χ2n) is 5.46. The number of benzene rings is 1. The highest BCUT2D eigenvalue weighted by Gasteiger charge is 2.22. The molecule has 0 unspecified atom stereocenters. The van der Waals surface area contributed by atoms with Gasteiger partial charge in [-0.25, -0.2) is 18.1 Å². The number of nitrogens with zero attached hydrogens (tertiary/aromatic N) is 2. The molecular weight excluding hydrogens is 374 g/mol. The van der Waals surface area contributed by atoms with Gasteiger partial charge in [0.2, 0.25) is 10.0 Å². The summed E-state index contributed by atoms with van der Waals surface area (Å²) in [7, 11) is -3.94. The Labute approximate surface area is 148 Å². The number of sulfonamides is 1. The Hall–Kier alpha value is -1.55. The summed E-state index contributed by atoms with van der Waals surface area (Å²) in [4.78, 5) is 14.5. The lowest BCUT2D eigenvalue weighted by molar-refractivity contribution is -0.385. The van der Waals surface area contributed by atoms with Crippen molar-refractivity contribution in [3.8, 4) is 0 Å². The van der Waals surface area contributed by atoms with Gasteiger partial charge in [-0.3, -0.25) is 10.1 Å². The van der Waals surface area contributed by atoms with Gasteiger partial charge in [0.1, 0.15) is 0 Å². The maximum absolute atomic E-state index is 12.4. The topological polar surface area (TPSA) is 102 Å². The van der Waals surface area contributed by atoms with Crippen LogP contribution in [0.25, 0.3) is 0 Å². The second-order valence-corrected chi connectivity index (χ2v) is 8.53. The van der Waals surface area contributed by atoms with E-state index >= 15 is 0 Å². The molecule has 2 rings (SSSR count). The van der Waals surface area contributed by atoms with Gasteiger partial charge in [0.15, 0.2) is 0 Å². The summed E-state index contributed by atoms with van der Waals surface area (Å²) in [6.07, 6.45) is 0. The van der Waals surface area contributed by atoms with E-state index in [0.717, 1.165) is 11.1 Å². The maximum Gasteiger partial charge on any atom is 0.275 e. The monoisotopic (exact) mass is 389 g/mol. The smallest absolute Gasteiger partial charge is 0.258 e. The van der Waals surface area contributed by atoms with Crippen molar-refractivity contribution >= 4 is 38.6 Å². The van der Waals surface area contributed by atoms with E-state index in [1.807, 2.05) is 13.8 Å². The quantitative estimate of drug-likeness (QED) is 0.600. The SMILES string of the molecule is Cc1c(Cl)cc(S(=O)(=O)NCc2csc(C(C)C)n2)cc1[N+](=O)[O-]. The number of halogens is 1. The number of hydrogen-bond acceptors (Lipinski definition) is 6. The zero-order valence-electron chi connectivity index (χ0n) is 13.2. The first-order valence-electron chi connectivity index (χ1n) is 7.00. The van der Waals surface area contributed by atoms with E-state index in [9.17, 15) is 18.5 Å². The van der Waals surface area contributed by atoms with E-state index in [0.29, 0.717) is 5.69 Å². The first kappa shape index (κ1) is 18.8. The van der Waals surface area contributed by atoms with Crippen LogP contribution in [0.4, 0.5) is 5.69 Å². The van der Waals surface area contributed by atoms with Crippen molar-refractivity contribution in [2.45, 2.75) is 38.1 Å². The number of rotatable bonds is 6. The molecule has 0 spiro atoms. The van der Waals surface area contributed by atoms with Crippen LogP contribution >= 0.6 is 22.9 Å². The second kappa shape index (κ2) is 7.14. The molecule has 0 aliphatic heterocycles. The van der Waals surface area contributed by atoms with Gasteiger partial charge in [0, 0.05) is 22.9 Å². The number of nitrogens with one attached hydrogen (secondary N) is 1. The largest absolute Gasteiger partial charge is 0.275 e. The van der Waals surface area contributed by atoms with Gasteiger partial charge in [-0.15, -0.1) is 11.3 Å². The fourth-order valence-electron chi connectivity index (χ4n) is 1.91. The Bertz CT molecular complexity index is 878. The van der Waals surface area contributed by atoms with Crippen molar-refractivity contribution in [1.82, 2.24) is 9.71 Å². The molecule has 0 atom stereocenters. The first-order chi connectivity index (χ1) is 11.1. The average Bonchev–Trinajstić information content (AvgIpc) is 2.96. The molecule has 10 heteroatoms. The minimum Gasteiger partial charge on any atom is -0.258 e. The highest BCUT2D eigenvalue weighted by Crippen LogP contribution is 2.29. The standard InChI is InChI=1S/C14H16ClN3O4S2/c1-8(2)14-17-10(7-23-14)6-16-24(21,22)11-4-12(15)9(3)13(5-11)18(19)20/h4-5,7-8,16H,6H2,1-3H3. The highest BCUT2D eigenvalue weighted by molar-refractivity contribution is 7.89. The first-order valence-corrected chi connectivity index (χ1v) is 9.74. The summed E-state index contributed by atoms with van der Waals surface area (Å²) in [5.74, 6) is 0.263. The summed E-state index contributed by atoms with van der Waals surface area (Å²) in [6.45, 7) is 5.47. The van der Waals surface area contributed by atoms with Gasteiger partial charge in [-0.1, -0.05) is 25.4 Å². The summed E-state index contributed by atoms with van der Waals surface area (Å²) in [5, 5.41) is 13.7. The molecule has 0 fully saturated rings. The molecule has 24 heavy (non-hydrogen) atoms. The van der Waals surface area contributed by atoms with E-state index in [2.05, 4.69) is 9.71 Å². The molecule has 1 N–H and O–H groups in total. The molecule has 0 radical (unpaired) electrons. The molecule has 0 amide bonds. The molecule has 1 aromatic carbocycles. The molecule has 1 aromatic heterocycles. The molecule has 0 aliphatic carbocycles. The van der Waals surface area contributed by atoms with Crippen LogP contribution in [0.2, 0.25) is 5.02 Å². The molecule has 2 aromatic rings. The van der Waals surface area contributed by atoms with E-state index < -0.39 is 14.9 Å². The van der Waals surface area contributed by atoms with Crippen LogP contribution in [0.5, 0.6) is 0 Å². The number of thiazole rings is 1. The fraction of sp³-hybridized carbons (Fsp3) is 0.357. The van der Waals surface area contributed by atoms with Crippen LogP contribution in [-0.2, 0) is 16.6 Å². The molecule has 130 valence electrons. The van der Waals surface area contributed by atoms with Crippen molar-refractivity contribution < 1.29 is 13.3 Å². The molecule has 0 aliphatic rings. The van der Waals surface area contributed by atoms with Crippen molar-refractivity contribution in [3.63, 3.8) is 0 Å². The molecular formula is C14H16ClN3O4S2. The third-order valence-corrected chi connectivity index (χ3v) is 6.27. The number of hydrogen-bond donors (Lipinski definition) is 1. The van der Waals surface area contributed by atoms with Gasteiger partial charge < -0.3 is 0 Å². The molecule has 0 saturated carbocycles. The molecule has 0 bridgehead atoms. The van der Waals surface area contributed by atoms with E-state index in [1.54, 1.807) is 5.38 Å². The lowest BCUT2D eigenvalue weighted by atomic mass is 10.2. The van der Waals surface area contributed by atoms with Gasteiger partial charge >= 0.3 is 0 Å². The summed E-state index contributed by atoms with van der Waals surface area (Å²) >= 11 is 7.38. The minimum atomic E-state index is -3.94. The summed E-state index contributed by atoms with van der Waals surface area (Å²) in [5.41, 5.74) is 0.486. The van der Waals surface area contributed by atoms with Crippen LogP contribution in [0.1, 0.15) is 36.0 Å². The predicted molar refractivity (Wildman–Crippen MR) is 93.1 cm³/mol. The summed E-state index contributed by atoms with van der Waals surface area (Å²) in [6, 6.07) is 2.21. The zero-order valence-corrected chi connectivity index (χ0v) is 15.6. The Kier molecular flexibility index (Phi) is 5.59. The van der Waals surface area contributed by atoms with Crippen LogP contribution in [0, 0.1) is 17.0 Å². The third kappa shape index (κ3) is 4.10. The van der Waals surface area contributed by atoms with Gasteiger partial charge in [0.05, 0.1) is 32.1 Å². The zero-order chi connectivity index (χ0) is 18.1. The lowest BCUT2D eigenvalue weighted by Gasteiger charge is -2.08. The van der Waals surface area contributed by atoms with Crippen LogP contribution < -0.4 is 4.72 Å². The Morgan fingerprint density at radius 2 is 2.08 bits per heavy atom. The van der Waals surface area contributed by atoms with Crippen LogP contribution in [0.15, 0.2) is 22.4 Å². The van der Waals surface area contributed by atoms with Crippen LogP contribution in [-0.4, -0.2) is 18.3 Å². The Morgan fingerprint density at radius 3 is 2.62 bits per heavy atom. The third-order valence-electron chi connectivity index (χ3n) is 3.30. The van der Waals surface area contributed by atoms with Gasteiger partial charge in [-0.2, -0.15) is 0 Å². The number of aromatic nitrogens is 1. The molecule has 7 nitrogen and oxygen atoms in total. The number of nitro groups is 1. The van der Waals surface area contributed by atoms with Crippen molar-refractivity contribution in [2.24, 2.45) is 0 Å². The predicted octanol–water partition coefficient (Wildman–Crippen LogP) is 3.62. The minimum absolute atomic E-state index is 0.00481. The van der Waals surface area contributed by atoms with E-state index in [4.69, 9.17) is 11.6 Å².